The van der Waals surface area contributed by atoms with Crippen molar-refractivity contribution in [2.75, 3.05) is 0 Å². The monoisotopic (exact) mass is 336 g/mol. The molecule has 1 atom stereocenters. The highest BCUT2D eigenvalue weighted by Crippen LogP contribution is 2.57. The van der Waals surface area contributed by atoms with E-state index in [9.17, 15) is 18.4 Å². The van der Waals surface area contributed by atoms with Crippen LogP contribution in [0.15, 0.2) is 23.3 Å². The van der Waals surface area contributed by atoms with E-state index >= 15 is 0 Å². The standard InChI is InChI=1S/C20H26F2O2/c1-13(23)15-7-8-17(19(2,21)22)16(18(15)24)6-5-14-11-20(12-14)9-3-4-10-20/h7-8,14,16H,3-6,9-12H2,1-2H3. The highest BCUT2D eigenvalue weighted by atomic mass is 19.3. The van der Waals surface area contributed by atoms with Gasteiger partial charge in [0.25, 0.3) is 5.92 Å². The largest absolute Gasteiger partial charge is 0.294 e. The van der Waals surface area contributed by atoms with Crippen LogP contribution in [0.1, 0.15) is 65.2 Å². The van der Waals surface area contributed by atoms with Crippen molar-refractivity contribution in [1.82, 2.24) is 0 Å². The Balaban J connectivity index is 1.66. The Bertz CT molecular complexity index is 596. The number of alkyl halides is 2. The van der Waals surface area contributed by atoms with E-state index in [1.807, 2.05) is 0 Å². The first kappa shape index (κ1) is 17.5. The molecule has 0 saturated heterocycles. The van der Waals surface area contributed by atoms with Gasteiger partial charge in [-0.3, -0.25) is 9.59 Å². The predicted octanol–water partition coefficient (Wildman–Crippen LogP) is 5.03. The summed E-state index contributed by atoms with van der Waals surface area (Å²) in [4.78, 5) is 24.1. The summed E-state index contributed by atoms with van der Waals surface area (Å²) in [5, 5.41) is 0. The predicted molar refractivity (Wildman–Crippen MR) is 88.8 cm³/mol. The number of ketones is 2. The first-order valence-electron chi connectivity index (χ1n) is 9.07. The molecule has 0 aromatic rings. The molecule has 3 aliphatic carbocycles. The van der Waals surface area contributed by atoms with Crippen LogP contribution in [0.3, 0.4) is 0 Å². The third-order valence-electron chi connectivity index (χ3n) is 6.24. The Morgan fingerprint density at radius 3 is 2.38 bits per heavy atom. The zero-order valence-electron chi connectivity index (χ0n) is 14.5. The second-order valence-corrected chi connectivity index (χ2v) is 8.12. The summed E-state index contributed by atoms with van der Waals surface area (Å²) in [6, 6.07) is 0. The van der Waals surface area contributed by atoms with E-state index in [0.29, 0.717) is 17.8 Å². The quantitative estimate of drug-likeness (QED) is 0.660. The van der Waals surface area contributed by atoms with Crippen LogP contribution < -0.4 is 0 Å². The summed E-state index contributed by atoms with van der Waals surface area (Å²) >= 11 is 0. The van der Waals surface area contributed by atoms with Gasteiger partial charge in [0.2, 0.25) is 0 Å². The Morgan fingerprint density at radius 2 is 1.83 bits per heavy atom. The Kier molecular flexibility index (Phi) is 4.52. The lowest BCUT2D eigenvalue weighted by molar-refractivity contribution is -0.123. The van der Waals surface area contributed by atoms with Gasteiger partial charge >= 0.3 is 0 Å². The van der Waals surface area contributed by atoms with Gasteiger partial charge in [-0.05, 0) is 62.9 Å². The molecule has 0 aromatic heterocycles. The second-order valence-electron chi connectivity index (χ2n) is 8.12. The van der Waals surface area contributed by atoms with Crippen molar-refractivity contribution in [3.63, 3.8) is 0 Å². The van der Waals surface area contributed by atoms with E-state index < -0.39 is 17.6 Å². The number of Topliss-reactive ketones (excluding diaryl/α,β-unsaturated/α-hetero) is 2. The smallest absolute Gasteiger partial charge is 0.267 e. The van der Waals surface area contributed by atoms with Crippen molar-refractivity contribution in [3.8, 4) is 0 Å². The lowest BCUT2D eigenvalue weighted by Gasteiger charge is -2.46. The van der Waals surface area contributed by atoms with Crippen LogP contribution in [-0.2, 0) is 9.59 Å². The van der Waals surface area contributed by atoms with Crippen molar-refractivity contribution < 1.29 is 18.4 Å². The molecule has 2 nitrogen and oxygen atoms in total. The van der Waals surface area contributed by atoms with Crippen molar-refractivity contribution >= 4 is 11.6 Å². The maximum Gasteiger partial charge on any atom is 0.267 e. The Morgan fingerprint density at radius 1 is 1.21 bits per heavy atom. The molecule has 132 valence electrons. The average Bonchev–Trinajstić information content (AvgIpc) is 2.92. The lowest BCUT2D eigenvalue weighted by atomic mass is 9.59. The van der Waals surface area contributed by atoms with Gasteiger partial charge in [0.15, 0.2) is 11.6 Å². The third kappa shape index (κ3) is 3.25. The van der Waals surface area contributed by atoms with Gasteiger partial charge in [0, 0.05) is 18.4 Å². The van der Waals surface area contributed by atoms with Gasteiger partial charge in [-0.15, -0.1) is 0 Å². The zero-order chi connectivity index (χ0) is 17.5. The molecule has 2 saturated carbocycles. The van der Waals surface area contributed by atoms with Gasteiger partial charge in [-0.25, -0.2) is 8.78 Å². The van der Waals surface area contributed by atoms with Crippen molar-refractivity contribution in [2.45, 2.75) is 71.1 Å². The number of carbonyl (C=O) groups is 2. The molecule has 0 bridgehead atoms. The summed E-state index contributed by atoms with van der Waals surface area (Å²) in [6.45, 7) is 2.15. The molecule has 3 rings (SSSR count). The molecular formula is C20H26F2O2. The topological polar surface area (TPSA) is 34.1 Å². The molecule has 1 unspecified atom stereocenters. The Hall–Kier alpha value is -1.32. The molecule has 0 amide bonds. The highest BCUT2D eigenvalue weighted by molar-refractivity contribution is 6.21. The Labute approximate surface area is 142 Å². The fraction of sp³-hybridized carbons (Fsp3) is 0.700. The van der Waals surface area contributed by atoms with E-state index in [4.69, 9.17) is 0 Å². The summed E-state index contributed by atoms with van der Waals surface area (Å²) in [5.74, 6) is -4.07. The molecule has 0 radical (unpaired) electrons. The van der Waals surface area contributed by atoms with Gasteiger partial charge in [0.05, 0.1) is 5.57 Å². The van der Waals surface area contributed by atoms with Crippen LogP contribution in [0.5, 0.6) is 0 Å². The van der Waals surface area contributed by atoms with Crippen molar-refractivity contribution in [3.05, 3.63) is 23.3 Å². The molecule has 0 N–H and O–H groups in total. The van der Waals surface area contributed by atoms with Crippen LogP contribution in [0.4, 0.5) is 8.78 Å². The number of carbonyl (C=O) groups excluding carboxylic acids is 2. The number of hydrogen-bond donors (Lipinski definition) is 0. The molecular weight excluding hydrogens is 310 g/mol. The number of hydrogen-bond acceptors (Lipinski definition) is 2. The van der Waals surface area contributed by atoms with Gasteiger partial charge in [-0.1, -0.05) is 18.9 Å². The summed E-state index contributed by atoms with van der Waals surface area (Å²) in [5.41, 5.74) is 0.459. The minimum absolute atomic E-state index is 0.0638. The van der Waals surface area contributed by atoms with E-state index in [-0.39, 0.29) is 16.9 Å². The lowest BCUT2D eigenvalue weighted by Crippen LogP contribution is -2.36. The summed E-state index contributed by atoms with van der Waals surface area (Å²) in [7, 11) is 0. The molecule has 1 spiro atoms. The highest BCUT2D eigenvalue weighted by Gasteiger charge is 2.46. The summed E-state index contributed by atoms with van der Waals surface area (Å²) in [6.07, 6.45) is 11.4. The fourth-order valence-corrected chi connectivity index (χ4v) is 5.03. The maximum absolute atomic E-state index is 13.9. The zero-order valence-corrected chi connectivity index (χ0v) is 14.5. The molecule has 3 aliphatic rings. The van der Waals surface area contributed by atoms with Crippen molar-refractivity contribution in [2.24, 2.45) is 17.3 Å². The van der Waals surface area contributed by atoms with Gasteiger partial charge in [-0.2, -0.15) is 0 Å². The SMILES string of the molecule is CC(=O)C1=CC=C(C(C)(F)F)C(CCC2CC3(CCCC3)C2)C1=O. The maximum atomic E-state index is 13.9. The van der Waals surface area contributed by atoms with E-state index in [1.165, 1.54) is 57.6 Å². The van der Waals surface area contributed by atoms with Crippen LogP contribution in [0.25, 0.3) is 0 Å². The molecule has 0 aliphatic heterocycles. The van der Waals surface area contributed by atoms with Crippen LogP contribution in [0, 0.1) is 17.3 Å². The fourth-order valence-electron chi connectivity index (χ4n) is 5.03. The third-order valence-corrected chi connectivity index (χ3v) is 6.24. The van der Waals surface area contributed by atoms with E-state index in [0.717, 1.165) is 13.3 Å². The molecule has 0 aromatic carbocycles. The number of allylic oxidation sites excluding steroid dienone is 4. The molecule has 24 heavy (non-hydrogen) atoms. The van der Waals surface area contributed by atoms with E-state index in [2.05, 4.69) is 0 Å². The number of rotatable bonds is 5. The number of halogens is 2. The minimum atomic E-state index is -3.02. The summed E-state index contributed by atoms with van der Waals surface area (Å²) < 4.78 is 27.8. The minimum Gasteiger partial charge on any atom is -0.294 e. The molecule has 2 fully saturated rings. The average molecular weight is 336 g/mol. The first-order chi connectivity index (χ1) is 11.2. The first-order valence-corrected chi connectivity index (χ1v) is 9.07. The second kappa shape index (κ2) is 6.20. The normalized spacial score (nSPS) is 27.0. The van der Waals surface area contributed by atoms with E-state index in [1.54, 1.807) is 0 Å². The van der Waals surface area contributed by atoms with Crippen LogP contribution in [-0.4, -0.2) is 17.5 Å². The van der Waals surface area contributed by atoms with Crippen molar-refractivity contribution in [1.29, 1.82) is 0 Å². The molecule has 4 heteroatoms. The van der Waals surface area contributed by atoms with Crippen LogP contribution in [0.2, 0.25) is 0 Å². The van der Waals surface area contributed by atoms with Crippen LogP contribution >= 0.6 is 0 Å². The molecule has 0 heterocycles. The van der Waals surface area contributed by atoms with Gasteiger partial charge < -0.3 is 0 Å². The van der Waals surface area contributed by atoms with Gasteiger partial charge in [0.1, 0.15) is 0 Å².